The van der Waals surface area contributed by atoms with Crippen LogP contribution in [0.15, 0.2) is 24.3 Å². The molecule has 5 nitrogen and oxygen atoms in total. The molecular weight excluding hydrogens is 304 g/mol. The molecule has 1 aromatic carbocycles. The Morgan fingerprint density at radius 1 is 1.21 bits per heavy atom. The van der Waals surface area contributed by atoms with Gasteiger partial charge in [-0.05, 0) is 36.5 Å². The molecule has 132 valence electrons. The first-order valence-electron chi connectivity index (χ1n) is 8.72. The molecule has 0 atom stereocenters. The smallest absolute Gasteiger partial charge is 0.223 e. The predicted octanol–water partition coefficient (Wildman–Crippen LogP) is 2.71. The van der Waals surface area contributed by atoms with Crippen LogP contribution in [-0.4, -0.2) is 38.1 Å². The summed E-state index contributed by atoms with van der Waals surface area (Å²) in [6.07, 6.45) is 1.55. The van der Waals surface area contributed by atoms with Crippen LogP contribution in [0.1, 0.15) is 45.1 Å². The molecule has 2 rings (SSSR count). The topological polar surface area (TPSA) is 58.6 Å². The van der Waals surface area contributed by atoms with Gasteiger partial charge in [-0.3, -0.25) is 9.59 Å². The highest BCUT2D eigenvalue weighted by atomic mass is 16.5. The number of benzene rings is 1. The summed E-state index contributed by atoms with van der Waals surface area (Å²) >= 11 is 0. The highest BCUT2D eigenvalue weighted by Gasteiger charge is 2.21. The van der Waals surface area contributed by atoms with Gasteiger partial charge in [0.05, 0.1) is 0 Å². The third kappa shape index (κ3) is 5.06. The second kappa shape index (κ2) is 8.83. The van der Waals surface area contributed by atoms with Crippen LogP contribution in [0.25, 0.3) is 0 Å². The lowest BCUT2D eigenvalue weighted by atomic mass is 9.99. The Hall–Kier alpha value is -1.88. The van der Waals surface area contributed by atoms with E-state index in [1.807, 2.05) is 12.1 Å². The standard InChI is InChI=1S/C19H28N2O3/c1-14(2)16-4-6-18(7-5-16)21(15(3)22)11-10-20-19(23)17-8-12-24-13-9-17/h4-7,14,17H,8-13H2,1-3H3,(H,20,23). The number of amides is 2. The van der Waals surface area contributed by atoms with Gasteiger partial charge in [0.1, 0.15) is 0 Å². The van der Waals surface area contributed by atoms with Crippen molar-refractivity contribution in [2.75, 3.05) is 31.2 Å². The minimum Gasteiger partial charge on any atom is -0.381 e. The summed E-state index contributed by atoms with van der Waals surface area (Å²) < 4.78 is 5.28. The zero-order chi connectivity index (χ0) is 17.5. The Labute approximate surface area is 144 Å². The third-order valence-corrected chi connectivity index (χ3v) is 4.48. The minimum absolute atomic E-state index is 0.0207. The monoisotopic (exact) mass is 332 g/mol. The Morgan fingerprint density at radius 2 is 1.83 bits per heavy atom. The molecule has 5 heteroatoms. The number of hydrogen-bond acceptors (Lipinski definition) is 3. The van der Waals surface area contributed by atoms with E-state index in [0.29, 0.717) is 32.2 Å². The van der Waals surface area contributed by atoms with E-state index >= 15 is 0 Å². The lowest BCUT2D eigenvalue weighted by molar-refractivity contribution is -0.127. The van der Waals surface area contributed by atoms with Gasteiger partial charge >= 0.3 is 0 Å². The van der Waals surface area contributed by atoms with Gasteiger partial charge in [-0.15, -0.1) is 0 Å². The van der Waals surface area contributed by atoms with Gasteiger partial charge in [-0.25, -0.2) is 0 Å². The first kappa shape index (κ1) is 18.5. The highest BCUT2D eigenvalue weighted by Crippen LogP contribution is 2.20. The molecular formula is C19H28N2O3. The van der Waals surface area contributed by atoms with Gasteiger partial charge in [-0.2, -0.15) is 0 Å². The molecule has 0 unspecified atom stereocenters. The lowest BCUT2D eigenvalue weighted by Crippen LogP contribution is -2.40. The fourth-order valence-electron chi connectivity index (χ4n) is 2.90. The first-order chi connectivity index (χ1) is 11.5. The van der Waals surface area contributed by atoms with Crippen LogP contribution in [0.3, 0.4) is 0 Å². The molecule has 1 heterocycles. The number of carbonyl (C=O) groups excluding carboxylic acids is 2. The predicted molar refractivity (Wildman–Crippen MR) is 95.1 cm³/mol. The average Bonchev–Trinajstić information content (AvgIpc) is 2.59. The molecule has 1 aromatic rings. The van der Waals surface area contributed by atoms with E-state index in [4.69, 9.17) is 4.74 Å². The Bertz CT molecular complexity index is 548. The Balaban J connectivity index is 1.89. The molecule has 0 bridgehead atoms. The number of anilines is 1. The summed E-state index contributed by atoms with van der Waals surface area (Å²) in [5.74, 6) is 0.544. The number of rotatable bonds is 6. The number of carbonyl (C=O) groups is 2. The van der Waals surface area contributed by atoms with E-state index in [2.05, 4.69) is 31.3 Å². The van der Waals surface area contributed by atoms with E-state index in [1.54, 1.807) is 11.8 Å². The van der Waals surface area contributed by atoms with Crippen LogP contribution in [0.4, 0.5) is 5.69 Å². The van der Waals surface area contributed by atoms with Crippen molar-refractivity contribution in [2.45, 2.75) is 39.5 Å². The largest absolute Gasteiger partial charge is 0.381 e. The maximum Gasteiger partial charge on any atom is 0.223 e. The zero-order valence-electron chi connectivity index (χ0n) is 14.9. The molecule has 1 aliphatic heterocycles. The SMILES string of the molecule is CC(=O)N(CCNC(=O)C1CCOCC1)c1ccc(C(C)C)cc1. The van der Waals surface area contributed by atoms with E-state index < -0.39 is 0 Å². The molecule has 1 fully saturated rings. The van der Waals surface area contributed by atoms with Crippen LogP contribution in [0, 0.1) is 5.92 Å². The van der Waals surface area contributed by atoms with Gasteiger partial charge < -0.3 is 15.0 Å². The van der Waals surface area contributed by atoms with Crippen molar-refractivity contribution < 1.29 is 14.3 Å². The molecule has 0 radical (unpaired) electrons. The van der Waals surface area contributed by atoms with E-state index in [0.717, 1.165) is 18.5 Å². The fraction of sp³-hybridized carbons (Fsp3) is 0.579. The van der Waals surface area contributed by atoms with Crippen molar-refractivity contribution in [3.8, 4) is 0 Å². The first-order valence-corrected chi connectivity index (χ1v) is 8.72. The summed E-state index contributed by atoms with van der Waals surface area (Å²) in [5.41, 5.74) is 2.11. The van der Waals surface area contributed by atoms with Gasteiger partial charge in [0.15, 0.2) is 0 Å². The zero-order valence-corrected chi connectivity index (χ0v) is 14.9. The minimum atomic E-state index is -0.0207. The van der Waals surface area contributed by atoms with E-state index in [1.165, 1.54) is 5.56 Å². The third-order valence-electron chi connectivity index (χ3n) is 4.48. The van der Waals surface area contributed by atoms with Gasteiger partial charge in [0.2, 0.25) is 11.8 Å². The number of ether oxygens (including phenoxy) is 1. The molecule has 0 saturated carbocycles. The summed E-state index contributed by atoms with van der Waals surface area (Å²) in [6.45, 7) is 8.08. The van der Waals surface area contributed by atoms with Crippen molar-refractivity contribution in [3.63, 3.8) is 0 Å². The molecule has 1 aliphatic rings. The van der Waals surface area contributed by atoms with Crippen molar-refractivity contribution >= 4 is 17.5 Å². The fourth-order valence-corrected chi connectivity index (χ4v) is 2.90. The van der Waals surface area contributed by atoms with Crippen LogP contribution < -0.4 is 10.2 Å². The van der Waals surface area contributed by atoms with Crippen molar-refractivity contribution in [1.82, 2.24) is 5.32 Å². The summed E-state index contributed by atoms with van der Waals surface area (Å²) in [6, 6.07) is 8.04. The lowest BCUT2D eigenvalue weighted by Gasteiger charge is -2.24. The highest BCUT2D eigenvalue weighted by molar-refractivity contribution is 5.91. The van der Waals surface area contributed by atoms with Crippen LogP contribution in [-0.2, 0) is 14.3 Å². The van der Waals surface area contributed by atoms with Crippen molar-refractivity contribution in [3.05, 3.63) is 29.8 Å². The van der Waals surface area contributed by atoms with E-state index in [-0.39, 0.29) is 17.7 Å². The summed E-state index contributed by atoms with van der Waals surface area (Å²) in [7, 11) is 0. The number of nitrogens with zero attached hydrogens (tertiary/aromatic N) is 1. The quantitative estimate of drug-likeness (QED) is 0.871. The Kier molecular flexibility index (Phi) is 6.79. The van der Waals surface area contributed by atoms with Crippen LogP contribution in [0.2, 0.25) is 0 Å². The maximum absolute atomic E-state index is 12.1. The maximum atomic E-state index is 12.1. The molecule has 0 aliphatic carbocycles. The van der Waals surface area contributed by atoms with Crippen molar-refractivity contribution in [2.24, 2.45) is 5.92 Å². The molecule has 1 N–H and O–H groups in total. The van der Waals surface area contributed by atoms with E-state index in [9.17, 15) is 9.59 Å². The molecule has 1 saturated heterocycles. The van der Waals surface area contributed by atoms with Crippen LogP contribution >= 0.6 is 0 Å². The Morgan fingerprint density at radius 3 is 2.38 bits per heavy atom. The summed E-state index contributed by atoms with van der Waals surface area (Å²) in [4.78, 5) is 25.8. The summed E-state index contributed by atoms with van der Waals surface area (Å²) in [5, 5.41) is 2.95. The van der Waals surface area contributed by atoms with Gasteiger partial charge in [0, 0.05) is 44.8 Å². The van der Waals surface area contributed by atoms with Crippen molar-refractivity contribution in [1.29, 1.82) is 0 Å². The molecule has 24 heavy (non-hydrogen) atoms. The van der Waals surface area contributed by atoms with Gasteiger partial charge in [-0.1, -0.05) is 26.0 Å². The normalized spacial score (nSPS) is 15.3. The second-order valence-corrected chi connectivity index (χ2v) is 6.59. The van der Waals surface area contributed by atoms with Gasteiger partial charge in [0.25, 0.3) is 0 Å². The second-order valence-electron chi connectivity index (χ2n) is 6.59. The van der Waals surface area contributed by atoms with Crippen LogP contribution in [0.5, 0.6) is 0 Å². The average molecular weight is 332 g/mol. The number of nitrogens with one attached hydrogen (secondary N) is 1. The molecule has 0 aromatic heterocycles. The molecule has 2 amide bonds. The molecule has 0 spiro atoms. The number of hydrogen-bond donors (Lipinski definition) is 1.